The Hall–Kier alpha value is -1.25. The first-order valence-corrected chi connectivity index (χ1v) is 4.24. The lowest BCUT2D eigenvalue weighted by molar-refractivity contribution is 0.247. The monoisotopic (exact) mass is 184 g/mol. The quantitative estimate of drug-likeness (QED) is 0.779. The van der Waals surface area contributed by atoms with Gasteiger partial charge in [0.1, 0.15) is 17.7 Å². The number of hydrogen-bond donors (Lipinski definition) is 1. The Morgan fingerprint density at radius 2 is 2.00 bits per heavy atom. The molecule has 0 aliphatic rings. The summed E-state index contributed by atoms with van der Waals surface area (Å²) in [5, 5.41) is 8.95. The maximum atomic E-state index is 12.3. The predicted octanol–water partition coefficient (Wildman–Crippen LogP) is 2.52. The molecule has 72 valence electrons. The Bertz CT molecular complexity index is 244. The van der Waals surface area contributed by atoms with Crippen LogP contribution in [0, 0.1) is 0 Å². The second-order valence-corrected chi connectivity index (χ2v) is 2.91. The molecule has 0 heterocycles. The van der Waals surface area contributed by atoms with E-state index in [4.69, 9.17) is 9.84 Å². The number of phenolic OH excluding ortho intramolecular Hbond substituents is 1. The third-order valence-corrected chi connectivity index (χ3v) is 1.62. The highest BCUT2D eigenvalue weighted by Gasteiger charge is 1.98. The fourth-order valence-corrected chi connectivity index (χ4v) is 0.882. The molecule has 0 amide bonds. The Labute approximate surface area is 77.0 Å². The zero-order valence-corrected chi connectivity index (χ0v) is 7.53. The van der Waals surface area contributed by atoms with Crippen LogP contribution in [0.25, 0.3) is 0 Å². The van der Waals surface area contributed by atoms with Crippen LogP contribution in [0.15, 0.2) is 24.3 Å². The van der Waals surface area contributed by atoms with Crippen LogP contribution in [0.5, 0.6) is 11.5 Å². The molecule has 0 bridgehead atoms. The van der Waals surface area contributed by atoms with E-state index in [-0.39, 0.29) is 5.75 Å². The van der Waals surface area contributed by atoms with Gasteiger partial charge in [-0.1, -0.05) is 0 Å². The van der Waals surface area contributed by atoms with Gasteiger partial charge in [-0.25, -0.2) is 4.39 Å². The van der Waals surface area contributed by atoms with Gasteiger partial charge in [0.2, 0.25) is 0 Å². The van der Waals surface area contributed by atoms with E-state index in [0.29, 0.717) is 18.8 Å². The van der Waals surface area contributed by atoms with Crippen LogP contribution in [0.4, 0.5) is 4.39 Å². The van der Waals surface area contributed by atoms with E-state index in [1.807, 2.05) is 0 Å². The molecule has 0 aliphatic carbocycles. The van der Waals surface area contributed by atoms with Crippen LogP contribution < -0.4 is 4.74 Å². The predicted molar refractivity (Wildman–Crippen MR) is 48.8 cm³/mol. The van der Waals surface area contributed by atoms with Crippen LogP contribution >= 0.6 is 0 Å². The molecule has 1 unspecified atom stereocenters. The summed E-state index contributed by atoms with van der Waals surface area (Å²) in [5.74, 6) is 0.852. The van der Waals surface area contributed by atoms with E-state index in [1.54, 1.807) is 12.1 Å². The number of hydrogen-bond acceptors (Lipinski definition) is 2. The Balaban J connectivity index is 2.33. The highest BCUT2D eigenvalue weighted by atomic mass is 19.1. The van der Waals surface area contributed by atoms with Crippen LogP contribution in [-0.2, 0) is 0 Å². The van der Waals surface area contributed by atoms with Gasteiger partial charge in [-0.3, -0.25) is 0 Å². The van der Waals surface area contributed by atoms with E-state index in [1.165, 1.54) is 19.1 Å². The van der Waals surface area contributed by atoms with Crippen molar-refractivity contribution in [2.45, 2.75) is 19.5 Å². The largest absolute Gasteiger partial charge is 0.508 e. The minimum Gasteiger partial charge on any atom is -0.508 e. The van der Waals surface area contributed by atoms with Gasteiger partial charge in [-0.15, -0.1) is 0 Å². The van der Waals surface area contributed by atoms with E-state index >= 15 is 0 Å². The average Bonchev–Trinajstić information content (AvgIpc) is 2.08. The first-order chi connectivity index (χ1) is 6.18. The Morgan fingerprint density at radius 3 is 2.54 bits per heavy atom. The lowest BCUT2D eigenvalue weighted by Gasteiger charge is -2.06. The fraction of sp³-hybridized carbons (Fsp3) is 0.400. The minimum atomic E-state index is -0.836. The third kappa shape index (κ3) is 3.78. The van der Waals surface area contributed by atoms with Crippen molar-refractivity contribution in [1.29, 1.82) is 0 Å². The Morgan fingerprint density at radius 1 is 1.38 bits per heavy atom. The zero-order valence-electron chi connectivity index (χ0n) is 7.53. The van der Waals surface area contributed by atoms with Gasteiger partial charge in [0.25, 0.3) is 0 Å². The second kappa shape index (κ2) is 4.70. The summed E-state index contributed by atoms with van der Waals surface area (Å²) in [6, 6.07) is 6.37. The minimum absolute atomic E-state index is 0.200. The number of aromatic hydroxyl groups is 1. The summed E-state index contributed by atoms with van der Waals surface area (Å²) < 4.78 is 17.6. The smallest absolute Gasteiger partial charge is 0.119 e. The van der Waals surface area contributed by atoms with Crippen molar-refractivity contribution in [2.75, 3.05) is 6.61 Å². The van der Waals surface area contributed by atoms with E-state index < -0.39 is 6.17 Å². The maximum absolute atomic E-state index is 12.3. The SMILES string of the molecule is CC(F)CCOc1ccc(O)cc1. The molecule has 0 radical (unpaired) electrons. The van der Waals surface area contributed by atoms with Gasteiger partial charge in [-0.2, -0.15) is 0 Å². The van der Waals surface area contributed by atoms with Gasteiger partial charge in [-0.05, 0) is 31.2 Å². The first kappa shape index (κ1) is 9.84. The van der Waals surface area contributed by atoms with E-state index in [0.717, 1.165) is 0 Å². The molecular weight excluding hydrogens is 171 g/mol. The molecular formula is C10H13FO2. The molecule has 0 saturated heterocycles. The molecule has 0 aromatic heterocycles. The van der Waals surface area contributed by atoms with E-state index in [2.05, 4.69) is 0 Å². The Kier molecular flexibility index (Phi) is 3.55. The highest BCUT2D eigenvalue weighted by Crippen LogP contribution is 2.16. The molecule has 0 fully saturated rings. The molecule has 1 N–H and O–H groups in total. The normalized spacial score (nSPS) is 12.5. The van der Waals surface area contributed by atoms with Gasteiger partial charge in [0.05, 0.1) is 6.61 Å². The van der Waals surface area contributed by atoms with Crippen molar-refractivity contribution in [1.82, 2.24) is 0 Å². The lowest BCUT2D eigenvalue weighted by atomic mass is 10.3. The third-order valence-electron chi connectivity index (χ3n) is 1.62. The molecule has 1 aromatic rings. The molecule has 0 aliphatic heterocycles. The van der Waals surface area contributed by atoms with Gasteiger partial charge in [0, 0.05) is 6.42 Å². The number of ether oxygens (including phenoxy) is 1. The van der Waals surface area contributed by atoms with Crippen molar-refractivity contribution in [2.24, 2.45) is 0 Å². The topological polar surface area (TPSA) is 29.5 Å². The molecule has 1 rings (SSSR count). The molecule has 1 atom stereocenters. The van der Waals surface area contributed by atoms with Crippen LogP contribution in [0.3, 0.4) is 0 Å². The molecule has 0 saturated carbocycles. The number of phenols is 1. The summed E-state index contributed by atoms with van der Waals surface area (Å²) in [7, 11) is 0. The molecule has 2 nitrogen and oxygen atoms in total. The first-order valence-electron chi connectivity index (χ1n) is 4.24. The van der Waals surface area contributed by atoms with Crippen molar-refractivity contribution >= 4 is 0 Å². The fourth-order valence-electron chi connectivity index (χ4n) is 0.882. The van der Waals surface area contributed by atoms with E-state index in [9.17, 15) is 4.39 Å². The number of alkyl halides is 1. The van der Waals surface area contributed by atoms with Gasteiger partial charge in [0.15, 0.2) is 0 Å². The number of halogens is 1. The van der Waals surface area contributed by atoms with Gasteiger partial charge >= 0.3 is 0 Å². The van der Waals surface area contributed by atoms with Crippen LogP contribution in [-0.4, -0.2) is 17.9 Å². The molecule has 3 heteroatoms. The average molecular weight is 184 g/mol. The summed E-state index contributed by atoms with van der Waals surface area (Å²) in [6.07, 6.45) is -0.446. The molecule has 13 heavy (non-hydrogen) atoms. The molecule has 0 spiro atoms. The summed E-state index contributed by atoms with van der Waals surface area (Å²) >= 11 is 0. The van der Waals surface area contributed by atoms with Crippen molar-refractivity contribution in [3.8, 4) is 11.5 Å². The van der Waals surface area contributed by atoms with Gasteiger partial charge < -0.3 is 9.84 Å². The number of benzene rings is 1. The zero-order chi connectivity index (χ0) is 9.68. The maximum Gasteiger partial charge on any atom is 0.119 e. The van der Waals surface area contributed by atoms with Crippen LogP contribution in [0.1, 0.15) is 13.3 Å². The van der Waals surface area contributed by atoms with Crippen molar-refractivity contribution in [3.05, 3.63) is 24.3 Å². The van der Waals surface area contributed by atoms with Crippen molar-refractivity contribution < 1.29 is 14.2 Å². The summed E-state index contributed by atoms with van der Waals surface area (Å²) in [5.41, 5.74) is 0. The molecule has 1 aromatic carbocycles. The lowest BCUT2D eigenvalue weighted by Crippen LogP contribution is -2.03. The van der Waals surface area contributed by atoms with Crippen molar-refractivity contribution in [3.63, 3.8) is 0 Å². The summed E-state index contributed by atoms with van der Waals surface area (Å²) in [4.78, 5) is 0. The highest BCUT2D eigenvalue weighted by molar-refractivity contribution is 5.29. The second-order valence-electron chi connectivity index (χ2n) is 2.91. The van der Waals surface area contributed by atoms with Crippen LogP contribution in [0.2, 0.25) is 0 Å². The summed E-state index contributed by atoms with van der Waals surface area (Å²) in [6.45, 7) is 1.86. The standard InChI is InChI=1S/C10H13FO2/c1-8(11)6-7-13-10-4-2-9(12)3-5-10/h2-5,8,12H,6-7H2,1H3. The number of rotatable bonds is 4.